The largest absolute Gasteiger partial charge is 0.452 e. The minimum atomic E-state index is -1.03. The van der Waals surface area contributed by atoms with Crippen LogP contribution in [0.5, 0.6) is 0 Å². The summed E-state index contributed by atoms with van der Waals surface area (Å²) in [6.07, 6.45) is -1.76. The van der Waals surface area contributed by atoms with Crippen LogP contribution in [-0.4, -0.2) is 36.2 Å². The van der Waals surface area contributed by atoms with Crippen molar-refractivity contribution < 1.29 is 23.9 Å². The number of benzene rings is 1. The van der Waals surface area contributed by atoms with Gasteiger partial charge in [0.2, 0.25) is 0 Å². The van der Waals surface area contributed by atoms with Crippen molar-refractivity contribution in [3.05, 3.63) is 28.2 Å². The smallest absolute Gasteiger partial charge is 0.407 e. The van der Waals surface area contributed by atoms with E-state index in [2.05, 4.69) is 10.6 Å². The SMILES string of the molecule is C[C@H](OC(=O)CCNC(=O)OC(C)(C)C)C(=O)Nc1ccc(Cl)cc1Cl. The van der Waals surface area contributed by atoms with Crippen molar-refractivity contribution in [3.63, 3.8) is 0 Å². The molecule has 0 aliphatic heterocycles. The van der Waals surface area contributed by atoms with E-state index in [1.165, 1.54) is 13.0 Å². The summed E-state index contributed by atoms with van der Waals surface area (Å²) in [6, 6.07) is 4.60. The van der Waals surface area contributed by atoms with Crippen molar-refractivity contribution in [3.8, 4) is 0 Å². The van der Waals surface area contributed by atoms with Gasteiger partial charge >= 0.3 is 12.1 Å². The van der Waals surface area contributed by atoms with Crippen molar-refractivity contribution >= 4 is 46.9 Å². The van der Waals surface area contributed by atoms with E-state index in [-0.39, 0.29) is 18.0 Å². The van der Waals surface area contributed by atoms with Gasteiger partial charge in [0.1, 0.15) is 5.60 Å². The van der Waals surface area contributed by atoms with E-state index in [1.807, 2.05) is 0 Å². The Hall–Kier alpha value is -1.99. The maximum absolute atomic E-state index is 12.1. The summed E-state index contributed by atoms with van der Waals surface area (Å²) in [4.78, 5) is 35.3. The van der Waals surface area contributed by atoms with Crippen LogP contribution in [0, 0.1) is 0 Å². The normalized spacial score (nSPS) is 12.1. The second-order valence-corrected chi connectivity index (χ2v) is 7.27. The summed E-state index contributed by atoms with van der Waals surface area (Å²) in [6.45, 7) is 6.65. The number of carbonyl (C=O) groups is 3. The first-order valence-electron chi connectivity index (χ1n) is 7.90. The molecule has 7 nitrogen and oxygen atoms in total. The molecule has 0 bridgehead atoms. The van der Waals surface area contributed by atoms with Gasteiger partial charge in [-0.3, -0.25) is 9.59 Å². The van der Waals surface area contributed by atoms with Crippen LogP contribution in [0.15, 0.2) is 18.2 Å². The van der Waals surface area contributed by atoms with Crippen LogP contribution < -0.4 is 10.6 Å². The fourth-order valence-corrected chi connectivity index (χ4v) is 2.17. The number of hydrogen-bond donors (Lipinski definition) is 2. The lowest BCUT2D eigenvalue weighted by atomic mass is 10.2. The van der Waals surface area contributed by atoms with Crippen molar-refractivity contribution in [1.82, 2.24) is 5.32 Å². The van der Waals surface area contributed by atoms with Crippen LogP contribution in [0.3, 0.4) is 0 Å². The molecule has 0 aliphatic carbocycles. The Balaban J connectivity index is 2.39. The number of carbonyl (C=O) groups excluding carboxylic acids is 3. The zero-order valence-corrected chi connectivity index (χ0v) is 16.5. The first kappa shape index (κ1) is 22.1. The Labute approximate surface area is 162 Å². The second-order valence-electron chi connectivity index (χ2n) is 6.42. The maximum Gasteiger partial charge on any atom is 0.407 e. The lowest BCUT2D eigenvalue weighted by molar-refractivity contribution is -0.153. The third kappa shape index (κ3) is 8.40. The number of nitrogens with one attached hydrogen (secondary N) is 2. The van der Waals surface area contributed by atoms with Gasteiger partial charge in [0.25, 0.3) is 5.91 Å². The number of halogens is 2. The van der Waals surface area contributed by atoms with E-state index in [1.54, 1.807) is 32.9 Å². The lowest BCUT2D eigenvalue weighted by Gasteiger charge is -2.19. The molecule has 1 aromatic carbocycles. The number of alkyl carbamates (subject to hydrolysis) is 1. The third-order valence-electron chi connectivity index (χ3n) is 2.86. The van der Waals surface area contributed by atoms with Crippen LogP contribution in [0.25, 0.3) is 0 Å². The summed E-state index contributed by atoms with van der Waals surface area (Å²) in [7, 11) is 0. The van der Waals surface area contributed by atoms with Gasteiger partial charge in [-0.2, -0.15) is 0 Å². The zero-order chi connectivity index (χ0) is 19.9. The first-order valence-corrected chi connectivity index (χ1v) is 8.66. The number of esters is 1. The highest BCUT2D eigenvalue weighted by atomic mass is 35.5. The van der Waals surface area contributed by atoms with Crippen molar-refractivity contribution in [2.45, 2.75) is 45.8 Å². The minimum absolute atomic E-state index is 0.0328. The van der Waals surface area contributed by atoms with E-state index < -0.39 is 29.7 Å². The second kappa shape index (κ2) is 9.64. The fourth-order valence-electron chi connectivity index (χ4n) is 1.72. The summed E-state index contributed by atoms with van der Waals surface area (Å²) in [5.41, 5.74) is -0.268. The number of rotatable bonds is 6. The van der Waals surface area contributed by atoms with Crippen LogP contribution in [0.4, 0.5) is 10.5 Å². The molecular formula is C17H22Cl2N2O5. The molecule has 0 heterocycles. The van der Waals surface area contributed by atoms with E-state index in [9.17, 15) is 14.4 Å². The standard InChI is InChI=1S/C17H22Cl2N2O5/c1-10(15(23)21-13-6-5-11(18)9-12(13)19)25-14(22)7-8-20-16(24)26-17(2,3)4/h5-6,9-10H,7-8H2,1-4H3,(H,20,24)(H,21,23)/t10-/m0/s1. The molecule has 0 aromatic heterocycles. The zero-order valence-electron chi connectivity index (χ0n) is 15.0. The van der Waals surface area contributed by atoms with Gasteiger partial charge in [0.05, 0.1) is 17.1 Å². The summed E-state index contributed by atoms with van der Waals surface area (Å²) in [5, 5.41) is 5.68. The maximum atomic E-state index is 12.1. The molecule has 0 aliphatic rings. The van der Waals surface area contributed by atoms with Gasteiger partial charge in [0, 0.05) is 11.6 Å². The molecule has 2 N–H and O–H groups in total. The first-order chi connectivity index (χ1) is 12.0. The molecule has 0 radical (unpaired) electrons. The van der Waals surface area contributed by atoms with Gasteiger partial charge in [-0.25, -0.2) is 4.79 Å². The molecule has 26 heavy (non-hydrogen) atoms. The van der Waals surface area contributed by atoms with Crippen LogP contribution in [-0.2, 0) is 19.1 Å². The van der Waals surface area contributed by atoms with Crippen LogP contribution >= 0.6 is 23.2 Å². The van der Waals surface area contributed by atoms with Crippen molar-refractivity contribution in [1.29, 1.82) is 0 Å². The molecule has 0 unspecified atom stereocenters. The highest BCUT2D eigenvalue weighted by molar-refractivity contribution is 6.36. The van der Waals surface area contributed by atoms with Gasteiger partial charge in [-0.15, -0.1) is 0 Å². The molecule has 0 saturated carbocycles. The van der Waals surface area contributed by atoms with Crippen LogP contribution in [0.1, 0.15) is 34.1 Å². The quantitative estimate of drug-likeness (QED) is 0.703. The molecule has 2 amide bonds. The Bertz CT molecular complexity index is 674. The number of amides is 2. The predicted molar refractivity (Wildman–Crippen MR) is 99.5 cm³/mol. The lowest BCUT2D eigenvalue weighted by Crippen LogP contribution is -2.35. The molecule has 144 valence electrons. The van der Waals surface area contributed by atoms with Gasteiger partial charge in [-0.1, -0.05) is 23.2 Å². The van der Waals surface area contributed by atoms with Gasteiger partial charge in [0.15, 0.2) is 6.10 Å². The van der Waals surface area contributed by atoms with Crippen molar-refractivity contribution in [2.75, 3.05) is 11.9 Å². The summed E-state index contributed by atoms with van der Waals surface area (Å²) < 4.78 is 10.1. The average molecular weight is 405 g/mol. The molecule has 1 aromatic rings. The number of hydrogen-bond acceptors (Lipinski definition) is 5. The highest BCUT2D eigenvalue weighted by Crippen LogP contribution is 2.25. The minimum Gasteiger partial charge on any atom is -0.452 e. The Morgan fingerprint density at radius 1 is 1.19 bits per heavy atom. The molecule has 0 saturated heterocycles. The summed E-state index contributed by atoms with van der Waals surface area (Å²) >= 11 is 11.8. The molecule has 0 fully saturated rings. The monoisotopic (exact) mass is 404 g/mol. The predicted octanol–water partition coefficient (Wildman–Crippen LogP) is 3.78. The highest BCUT2D eigenvalue weighted by Gasteiger charge is 2.20. The molecular weight excluding hydrogens is 383 g/mol. The van der Waals surface area contributed by atoms with Crippen molar-refractivity contribution in [2.24, 2.45) is 0 Å². The number of anilines is 1. The Morgan fingerprint density at radius 2 is 1.85 bits per heavy atom. The van der Waals surface area contributed by atoms with E-state index in [4.69, 9.17) is 32.7 Å². The van der Waals surface area contributed by atoms with Gasteiger partial charge in [-0.05, 0) is 45.9 Å². The third-order valence-corrected chi connectivity index (χ3v) is 3.41. The Kier molecular flexibility index (Phi) is 8.17. The topological polar surface area (TPSA) is 93.7 Å². The average Bonchev–Trinajstić information content (AvgIpc) is 2.48. The molecule has 1 atom stereocenters. The van der Waals surface area contributed by atoms with E-state index >= 15 is 0 Å². The van der Waals surface area contributed by atoms with Gasteiger partial charge < -0.3 is 20.1 Å². The van der Waals surface area contributed by atoms with E-state index in [0.717, 1.165) is 0 Å². The molecule has 9 heteroatoms. The number of ether oxygens (including phenoxy) is 2. The van der Waals surface area contributed by atoms with E-state index in [0.29, 0.717) is 10.7 Å². The Morgan fingerprint density at radius 3 is 2.42 bits per heavy atom. The fraction of sp³-hybridized carbons (Fsp3) is 0.471. The summed E-state index contributed by atoms with van der Waals surface area (Å²) in [5.74, 6) is -1.17. The molecule has 0 spiro atoms. The molecule has 1 rings (SSSR count). The van der Waals surface area contributed by atoms with Crippen LogP contribution in [0.2, 0.25) is 10.0 Å².